The summed E-state index contributed by atoms with van der Waals surface area (Å²) >= 11 is 0. The zero-order valence-electron chi connectivity index (χ0n) is 10.0. The number of ether oxygens (including phenoxy) is 1. The fourth-order valence-electron chi connectivity index (χ4n) is 1.82. The molecule has 0 spiro atoms. The Balaban J connectivity index is 2.73. The van der Waals surface area contributed by atoms with Gasteiger partial charge in [0.15, 0.2) is 0 Å². The van der Waals surface area contributed by atoms with Crippen LogP contribution in [0, 0.1) is 5.92 Å². The molecule has 2 unspecified atom stereocenters. The highest BCUT2D eigenvalue weighted by Gasteiger charge is 2.45. The molecule has 4 N–H and O–H groups in total. The Morgan fingerprint density at radius 2 is 1.72 bits per heavy atom. The number of aliphatic hydroxyl groups is 3. The molecule has 9 heteroatoms. The summed E-state index contributed by atoms with van der Waals surface area (Å²) in [5.41, 5.74) is 0. The molecule has 0 bridgehead atoms. The third kappa shape index (κ3) is 3.85. The van der Waals surface area contributed by atoms with Crippen molar-refractivity contribution in [2.45, 2.75) is 44.4 Å². The van der Waals surface area contributed by atoms with Crippen molar-refractivity contribution in [1.29, 1.82) is 0 Å². The third-order valence-corrected chi connectivity index (χ3v) is 3.22. The fourth-order valence-corrected chi connectivity index (χ4v) is 2.13. The number of rotatable bonds is 4. The first-order chi connectivity index (χ1) is 8.13. The first-order valence-electron chi connectivity index (χ1n) is 5.45. The van der Waals surface area contributed by atoms with Crippen molar-refractivity contribution in [2.24, 2.45) is 5.92 Å². The maximum Gasteiger partial charge on any atom is 0.397 e. The molecule has 0 aliphatic carbocycles. The van der Waals surface area contributed by atoms with Crippen molar-refractivity contribution >= 4 is 10.4 Å². The molecule has 0 aromatic carbocycles. The molecule has 0 aromatic rings. The molecule has 1 aliphatic rings. The standard InChI is InChI=1S/C9H18O8S/c1-4(2)9-8(12)7(11)6(10)5(17-9)3-16-18(13,14)15/h4-12H,3H2,1-2H3,(H,13,14,15)/t5?,6-,7-,8?,9-/m1/s1. The first-order valence-corrected chi connectivity index (χ1v) is 6.81. The van der Waals surface area contributed by atoms with Crippen LogP contribution in [0.1, 0.15) is 13.8 Å². The number of hydrogen-bond acceptors (Lipinski definition) is 7. The average Bonchev–Trinajstić information content (AvgIpc) is 2.23. The summed E-state index contributed by atoms with van der Waals surface area (Å²) in [7, 11) is -4.65. The van der Waals surface area contributed by atoms with Crippen LogP contribution in [0.5, 0.6) is 0 Å². The van der Waals surface area contributed by atoms with Crippen molar-refractivity contribution in [3.8, 4) is 0 Å². The molecular formula is C9H18O8S. The van der Waals surface area contributed by atoms with E-state index in [9.17, 15) is 23.7 Å². The van der Waals surface area contributed by atoms with Gasteiger partial charge in [-0.1, -0.05) is 13.8 Å². The van der Waals surface area contributed by atoms with Gasteiger partial charge in [0, 0.05) is 0 Å². The molecule has 108 valence electrons. The number of aliphatic hydroxyl groups excluding tert-OH is 3. The van der Waals surface area contributed by atoms with E-state index in [-0.39, 0.29) is 5.92 Å². The van der Waals surface area contributed by atoms with Crippen LogP contribution in [-0.4, -0.2) is 65.4 Å². The second kappa shape index (κ2) is 5.78. The minimum atomic E-state index is -4.65. The molecule has 1 aliphatic heterocycles. The summed E-state index contributed by atoms with van der Waals surface area (Å²) in [5.74, 6) is -0.157. The lowest BCUT2D eigenvalue weighted by Crippen LogP contribution is -2.60. The minimum absolute atomic E-state index is 0.157. The Bertz CT molecular complexity index is 367. The Labute approximate surface area is 105 Å². The molecule has 8 nitrogen and oxygen atoms in total. The van der Waals surface area contributed by atoms with Gasteiger partial charge in [0.25, 0.3) is 0 Å². The van der Waals surface area contributed by atoms with Gasteiger partial charge in [0.1, 0.15) is 24.4 Å². The Kier molecular flexibility index (Phi) is 5.06. The second-order valence-electron chi connectivity index (χ2n) is 4.57. The fraction of sp³-hybridized carbons (Fsp3) is 1.00. The van der Waals surface area contributed by atoms with Crippen LogP contribution >= 0.6 is 0 Å². The molecule has 18 heavy (non-hydrogen) atoms. The number of hydrogen-bond donors (Lipinski definition) is 4. The Morgan fingerprint density at radius 1 is 1.17 bits per heavy atom. The maximum absolute atomic E-state index is 10.4. The topological polar surface area (TPSA) is 134 Å². The molecular weight excluding hydrogens is 268 g/mol. The van der Waals surface area contributed by atoms with Gasteiger partial charge in [0.2, 0.25) is 0 Å². The SMILES string of the molecule is CC(C)[C@H]1OC(COS(=O)(=O)O)[C@@H](O)[C@@H](O)C1O. The van der Waals surface area contributed by atoms with Crippen LogP contribution in [-0.2, 0) is 19.3 Å². The zero-order chi connectivity index (χ0) is 14.1. The largest absolute Gasteiger partial charge is 0.397 e. The third-order valence-electron chi connectivity index (χ3n) is 2.79. The van der Waals surface area contributed by atoms with Gasteiger partial charge < -0.3 is 20.1 Å². The predicted octanol–water partition coefficient (Wildman–Crippen LogP) is -1.69. The van der Waals surface area contributed by atoms with Crippen LogP contribution in [0.4, 0.5) is 0 Å². The van der Waals surface area contributed by atoms with Crippen LogP contribution in [0.25, 0.3) is 0 Å². The van der Waals surface area contributed by atoms with Gasteiger partial charge >= 0.3 is 10.4 Å². The predicted molar refractivity (Wildman–Crippen MR) is 59.0 cm³/mol. The normalized spacial score (nSPS) is 38.1. The quantitative estimate of drug-likeness (QED) is 0.450. The van der Waals surface area contributed by atoms with E-state index >= 15 is 0 Å². The van der Waals surface area contributed by atoms with E-state index in [0.717, 1.165) is 0 Å². The summed E-state index contributed by atoms with van der Waals surface area (Å²) in [5, 5.41) is 28.9. The van der Waals surface area contributed by atoms with E-state index in [4.69, 9.17) is 9.29 Å². The molecule has 0 saturated carbocycles. The smallest absolute Gasteiger partial charge is 0.388 e. The van der Waals surface area contributed by atoms with Gasteiger partial charge in [-0.2, -0.15) is 8.42 Å². The van der Waals surface area contributed by atoms with E-state index in [0.29, 0.717) is 0 Å². The highest BCUT2D eigenvalue weighted by atomic mass is 32.3. The van der Waals surface area contributed by atoms with Crippen molar-refractivity contribution < 1.29 is 37.2 Å². The maximum atomic E-state index is 10.4. The van der Waals surface area contributed by atoms with Gasteiger partial charge in [-0.05, 0) is 5.92 Å². The molecule has 1 fully saturated rings. The van der Waals surface area contributed by atoms with Crippen LogP contribution in [0.2, 0.25) is 0 Å². The average molecular weight is 286 g/mol. The highest BCUT2D eigenvalue weighted by molar-refractivity contribution is 7.80. The molecule has 1 saturated heterocycles. The van der Waals surface area contributed by atoms with E-state index in [2.05, 4.69) is 4.18 Å². The summed E-state index contributed by atoms with van der Waals surface area (Å²) in [4.78, 5) is 0. The lowest BCUT2D eigenvalue weighted by molar-refractivity contribution is -0.236. The monoisotopic (exact) mass is 286 g/mol. The second-order valence-corrected chi connectivity index (χ2v) is 5.66. The molecule has 0 amide bonds. The Morgan fingerprint density at radius 3 is 2.17 bits per heavy atom. The summed E-state index contributed by atoms with van der Waals surface area (Å²) < 4.78 is 38.7. The molecule has 0 aromatic heterocycles. The van der Waals surface area contributed by atoms with Gasteiger partial charge in [0.05, 0.1) is 12.7 Å². The molecule has 5 atom stereocenters. The van der Waals surface area contributed by atoms with E-state index in [1.165, 1.54) is 0 Å². The van der Waals surface area contributed by atoms with Crippen molar-refractivity contribution in [2.75, 3.05) is 6.61 Å². The van der Waals surface area contributed by atoms with Crippen LogP contribution < -0.4 is 0 Å². The van der Waals surface area contributed by atoms with Gasteiger partial charge in [-0.15, -0.1) is 0 Å². The first kappa shape index (κ1) is 15.8. The van der Waals surface area contributed by atoms with Crippen molar-refractivity contribution in [3.05, 3.63) is 0 Å². The Hall–Kier alpha value is -0.290. The van der Waals surface area contributed by atoms with Crippen LogP contribution in [0.15, 0.2) is 0 Å². The lowest BCUT2D eigenvalue weighted by atomic mass is 9.90. The van der Waals surface area contributed by atoms with Gasteiger partial charge in [-0.25, -0.2) is 4.18 Å². The molecule has 0 radical (unpaired) electrons. The molecule has 1 heterocycles. The van der Waals surface area contributed by atoms with E-state index in [1.54, 1.807) is 13.8 Å². The van der Waals surface area contributed by atoms with Crippen molar-refractivity contribution in [1.82, 2.24) is 0 Å². The lowest BCUT2D eigenvalue weighted by Gasteiger charge is -2.41. The van der Waals surface area contributed by atoms with E-state index in [1.807, 2.05) is 0 Å². The summed E-state index contributed by atoms with van der Waals surface area (Å²) in [6, 6.07) is 0. The highest BCUT2D eigenvalue weighted by Crippen LogP contribution is 2.26. The van der Waals surface area contributed by atoms with Crippen LogP contribution in [0.3, 0.4) is 0 Å². The van der Waals surface area contributed by atoms with Crippen molar-refractivity contribution in [3.63, 3.8) is 0 Å². The molecule has 1 rings (SSSR count). The zero-order valence-corrected chi connectivity index (χ0v) is 10.8. The summed E-state index contributed by atoms with van der Waals surface area (Å²) in [6.07, 6.45) is -6.17. The van der Waals surface area contributed by atoms with Gasteiger partial charge in [-0.3, -0.25) is 4.55 Å². The summed E-state index contributed by atoms with van der Waals surface area (Å²) in [6.45, 7) is 2.82. The van der Waals surface area contributed by atoms with E-state index < -0.39 is 47.5 Å². The minimum Gasteiger partial charge on any atom is -0.388 e.